The zero-order valence-electron chi connectivity index (χ0n) is 11.3. The van der Waals surface area contributed by atoms with E-state index < -0.39 is 0 Å². The Morgan fingerprint density at radius 3 is 2.58 bits per heavy atom. The standard InChI is InChI=1S/C16H19NO2/c1-12(14-6-4-3-5-7-14)17-11-13-8-9-15(18)16(10-13)19-2/h3-10,12,17-18H,11H2,1-2H3/p+1/t12-/m0/s1. The Kier molecular flexibility index (Phi) is 4.42. The molecule has 2 aromatic rings. The second kappa shape index (κ2) is 6.25. The lowest BCUT2D eigenvalue weighted by Gasteiger charge is -2.12. The molecule has 0 aromatic heterocycles. The first kappa shape index (κ1) is 13.4. The van der Waals surface area contributed by atoms with Crippen molar-refractivity contribution >= 4 is 0 Å². The van der Waals surface area contributed by atoms with Crippen LogP contribution >= 0.6 is 0 Å². The minimum absolute atomic E-state index is 0.183. The number of methoxy groups -OCH3 is 1. The lowest BCUT2D eigenvalue weighted by Crippen LogP contribution is -2.83. The van der Waals surface area contributed by atoms with E-state index in [-0.39, 0.29) is 5.75 Å². The van der Waals surface area contributed by atoms with Gasteiger partial charge < -0.3 is 15.2 Å². The maximum atomic E-state index is 9.56. The summed E-state index contributed by atoms with van der Waals surface area (Å²) in [5, 5.41) is 11.8. The lowest BCUT2D eigenvalue weighted by molar-refractivity contribution is -0.707. The van der Waals surface area contributed by atoms with Gasteiger partial charge in [0.15, 0.2) is 11.5 Å². The Balaban J connectivity index is 1.99. The van der Waals surface area contributed by atoms with Gasteiger partial charge in [0, 0.05) is 11.1 Å². The van der Waals surface area contributed by atoms with Gasteiger partial charge in [0.05, 0.1) is 7.11 Å². The van der Waals surface area contributed by atoms with E-state index in [4.69, 9.17) is 4.74 Å². The molecule has 2 rings (SSSR count). The second-order valence-corrected chi connectivity index (χ2v) is 4.65. The van der Waals surface area contributed by atoms with Gasteiger partial charge in [-0.3, -0.25) is 0 Å². The van der Waals surface area contributed by atoms with E-state index in [9.17, 15) is 5.11 Å². The van der Waals surface area contributed by atoms with Gasteiger partial charge in [0.25, 0.3) is 0 Å². The van der Waals surface area contributed by atoms with Crippen LogP contribution in [-0.2, 0) is 6.54 Å². The van der Waals surface area contributed by atoms with Gasteiger partial charge in [-0.05, 0) is 25.1 Å². The van der Waals surface area contributed by atoms with Crippen LogP contribution < -0.4 is 10.1 Å². The maximum Gasteiger partial charge on any atom is 0.160 e. The molecular formula is C16H20NO2+. The Bertz CT molecular complexity index is 526. The van der Waals surface area contributed by atoms with Crippen molar-refractivity contribution in [3.63, 3.8) is 0 Å². The van der Waals surface area contributed by atoms with Crippen molar-refractivity contribution in [1.29, 1.82) is 0 Å². The van der Waals surface area contributed by atoms with E-state index in [0.717, 1.165) is 12.1 Å². The van der Waals surface area contributed by atoms with E-state index in [1.807, 2.05) is 18.2 Å². The molecule has 0 radical (unpaired) electrons. The van der Waals surface area contributed by atoms with Crippen LogP contribution in [0, 0.1) is 0 Å². The topological polar surface area (TPSA) is 46.1 Å². The van der Waals surface area contributed by atoms with Crippen molar-refractivity contribution < 1.29 is 15.2 Å². The molecule has 3 heteroatoms. The van der Waals surface area contributed by atoms with Gasteiger partial charge >= 0.3 is 0 Å². The summed E-state index contributed by atoms with van der Waals surface area (Å²) in [6.07, 6.45) is 0. The monoisotopic (exact) mass is 258 g/mol. The van der Waals surface area contributed by atoms with E-state index in [1.165, 1.54) is 5.56 Å². The molecule has 0 fully saturated rings. The lowest BCUT2D eigenvalue weighted by atomic mass is 10.1. The van der Waals surface area contributed by atoms with E-state index in [1.54, 1.807) is 13.2 Å². The number of hydrogen-bond donors (Lipinski definition) is 2. The third kappa shape index (κ3) is 3.48. The van der Waals surface area contributed by atoms with Gasteiger partial charge in [-0.1, -0.05) is 30.3 Å². The highest BCUT2D eigenvalue weighted by atomic mass is 16.5. The Labute approximate surface area is 113 Å². The number of ether oxygens (including phenoxy) is 1. The molecule has 0 saturated carbocycles. The number of phenolic OH excluding ortho intramolecular Hbond substituents is 1. The normalized spacial score (nSPS) is 12.1. The first-order valence-corrected chi connectivity index (χ1v) is 6.45. The van der Waals surface area contributed by atoms with Gasteiger partial charge in [-0.15, -0.1) is 0 Å². The zero-order valence-corrected chi connectivity index (χ0v) is 11.3. The summed E-state index contributed by atoms with van der Waals surface area (Å²) in [7, 11) is 1.56. The van der Waals surface area contributed by atoms with Gasteiger partial charge in [0.2, 0.25) is 0 Å². The highest BCUT2D eigenvalue weighted by Crippen LogP contribution is 2.25. The molecule has 19 heavy (non-hydrogen) atoms. The summed E-state index contributed by atoms with van der Waals surface area (Å²) >= 11 is 0. The Morgan fingerprint density at radius 2 is 1.89 bits per heavy atom. The smallest absolute Gasteiger partial charge is 0.160 e. The fraction of sp³-hybridized carbons (Fsp3) is 0.250. The van der Waals surface area contributed by atoms with Crippen molar-refractivity contribution in [1.82, 2.24) is 0 Å². The first-order valence-electron chi connectivity index (χ1n) is 6.45. The van der Waals surface area contributed by atoms with E-state index in [2.05, 4.69) is 36.5 Å². The number of nitrogens with two attached hydrogens (primary N) is 1. The fourth-order valence-corrected chi connectivity index (χ4v) is 2.05. The SMILES string of the molecule is COc1cc(C[NH2+][C@@H](C)c2ccccc2)ccc1O. The summed E-state index contributed by atoms with van der Waals surface area (Å²) in [6.45, 7) is 3.04. The molecule has 3 nitrogen and oxygen atoms in total. The average molecular weight is 258 g/mol. The van der Waals surface area contributed by atoms with E-state index >= 15 is 0 Å². The molecule has 2 aromatic carbocycles. The molecule has 0 saturated heterocycles. The number of phenols is 1. The van der Waals surface area contributed by atoms with Crippen LogP contribution in [0.1, 0.15) is 24.1 Å². The molecule has 0 spiro atoms. The van der Waals surface area contributed by atoms with Crippen molar-refractivity contribution in [2.45, 2.75) is 19.5 Å². The minimum atomic E-state index is 0.183. The molecule has 0 unspecified atom stereocenters. The van der Waals surface area contributed by atoms with E-state index in [0.29, 0.717) is 11.8 Å². The molecule has 0 aliphatic heterocycles. The molecular weight excluding hydrogens is 238 g/mol. The minimum Gasteiger partial charge on any atom is -0.504 e. The van der Waals surface area contributed by atoms with Crippen molar-refractivity contribution in [3.05, 3.63) is 59.7 Å². The Morgan fingerprint density at radius 1 is 1.16 bits per heavy atom. The third-order valence-corrected chi connectivity index (χ3v) is 3.28. The van der Waals surface area contributed by atoms with Gasteiger partial charge in [0.1, 0.15) is 12.6 Å². The predicted octanol–water partition coefficient (Wildman–Crippen LogP) is 2.23. The molecule has 100 valence electrons. The molecule has 0 aliphatic rings. The zero-order chi connectivity index (χ0) is 13.7. The average Bonchev–Trinajstić information content (AvgIpc) is 2.47. The summed E-state index contributed by atoms with van der Waals surface area (Å²) < 4.78 is 5.11. The summed E-state index contributed by atoms with van der Waals surface area (Å²) in [6, 6.07) is 16.3. The Hall–Kier alpha value is -2.00. The number of hydrogen-bond acceptors (Lipinski definition) is 2. The van der Waals surface area contributed by atoms with Crippen LogP contribution in [0.2, 0.25) is 0 Å². The van der Waals surface area contributed by atoms with Gasteiger partial charge in [-0.25, -0.2) is 0 Å². The number of benzene rings is 2. The van der Waals surface area contributed by atoms with Crippen LogP contribution in [0.25, 0.3) is 0 Å². The predicted molar refractivity (Wildman–Crippen MR) is 75.1 cm³/mol. The molecule has 0 aliphatic carbocycles. The molecule has 0 bridgehead atoms. The molecule has 0 amide bonds. The molecule has 3 N–H and O–H groups in total. The van der Waals surface area contributed by atoms with Crippen LogP contribution in [0.3, 0.4) is 0 Å². The highest BCUT2D eigenvalue weighted by molar-refractivity contribution is 5.41. The van der Waals surface area contributed by atoms with Crippen molar-refractivity contribution in [2.75, 3.05) is 7.11 Å². The molecule has 0 heterocycles. The number of rotatable bonds is 5. The summed E-state index contributed by atoms with van der Waals surface area (Å²) in [4.78, 5) is 0. The van der Waals surface area contributed by atoms with Crippen LogP contribution in [-0.4, -0.2) is 12.2 Å². The summed E-state index contributed by atoms with van der Waals surface area (Å²) in [5.41, 5.74) is 2.45. The van der Waals surface area contributed by atoms with Crippen molar-refractivity contribution in [2.24, 2.45) is 0 Å². The molecule has 1 atom stereocenters. The van der Waals surface area contributed by atoms with Crippen LogP contribution in [0.5, 0.6) is 11.5 Å². The second-order valence-electron chi connectivity index (χ2n) is 4.65. The highest BCUT2D eigenvalue weighted by Gasteiger charge is 2.09. The quantitative estimate of drug-likeness (QED) is 0.864. The summed E-state index contributed by atoms with van der Waals surface area (Å²) in [5.74, 6) is 0.709. The third-order valence-electron chi connectivity index (χ3n) is 3.28. The first-order chi connectivity index (χ1) is 9.20. The largest absolute Gasteiger partial charge is 0.504 e. The van der Waals surface area contributed by atoms with Crippen LogP contribution in [0.4, 0.5) is 0 Å². The van der Waals surface area contributed by atoms with Crippen molar-refractivity contribution in [3.8, 4) is 11.5 Å². The number of quaternary nitrogens is 1. The maximum absolute atomic E-state index is 9.56. The van der Waals surface area contributed by atoms with Gasteiger partial charge in [-0.2, -0.15) is 0 Å². The fourth-order valence-electron chi connectivity index (χ4n) is 2.05. The number of aromatic hydroxyl groups is 1. The van der Waals surface area contributed by atoms with Crippen LogP contribution in [0.15, 0.2) is 48.5 Å².